The number of hydrogen-bond donors (Lipinski definition) is 2. The maximum Gasteiger partial charge on any atom is 0.163 e. The molecule has 0 saturated carbocycles. The summed E-state index contributed by atoms with van der Waals surface area (Å²) in [7, 11) is 0. The SMILES string of the molecule is OC1(CNc2ccc3c(c2)OCCO3)CCOCC1. The van der Waals surface area contributed by atoms with E-state index in [1.165, 1.54) is 0 Å². The van der Waals surface area contributed by atoms with E-state index >= 15 is 0 Å². The van der Waals surface area contributed by atoms with Gasteiger partial charge in [0.1, 0.15) is 13.2 Å². The average molecular weight is 265 g/mol. The van der Waals surface area contributed by atoms with Gasteiger partial charge in [-0.3, -0.25) is 0 Å². The van der Waals surface area contributed by atoms with E-state index < -0.39 is 5.60 Å². The number of rotatable bonds is 3. The van der Waals surface area contributed by atoms with Crippen molar-refractivity contribution >= 4 is 5.69 Å². The molecular formula is C14H19NO4. The van der Waals surface area contributed by atoms with Crippen LogP contribution in [0.4, 0.5) is 5.69 Å². The van der Waals surface area contributed by atoms with Gasteiger partial charge < -0.3 is 24.6 Å². The molecule has 104 valence electrons. The lowest BCUT2D eigenvalue weighted by Crippen LogP contribution is -2.42. The molecule has 2 heterocycles. The molecule has 1 fully saturated rings. The number of ether oxygens (including phenoxy) is 3. The van der Waals surface area contributed by atoms with Crippen molar-refractivity contribution in [1.82, 2.24) is 0 Å². The van der Waals surface area contributed by atoms with Gasteiger partial charge in [0.05, 0.1) is 5.60 Å². The van der Waals surface area contributed by atoms with Crippen LogP contribution in [0.1, 0.15) is 12.8 Å². The molecule has 0 radical (unpaired) electrons. The fourth-order valence-corrected chi connectivity index (χ4v) is 2.35. The number of hydrogen-bond acceptors (Lipinski definition) is 5. The van der Waals surface area contributed by atoms with Gasteiger partial charge in [-0.1, -0.05) is 0 Å². The zero-order valence-electron chi connectivity index (χ0n) is 10.9. The quantitative estimate of drug-likeness (QED) is 0.865. The van der Waals surface area contributed by atoms with Crippen molar-refractivity contribution in [3.05, 3.63) is 18.2 Å². The smallest absolute Gasteiger partial charge is 0.163 e. The predicted octanol–water partition coefficient (Wildman–Crippen LogP) is 1.41. The molecule has 0 spiro atoms. The van der Waals surface area contributed by atoms with Crippen LogP contribution in [0.5, 0.6) is 11.5 Å². The summed E-state index contributed by atoms with van der Waals surface area (Å²) in [6, 6.07) is 5.75. The second kappa shape index (κ2) is 5.27. The average Bonchev–Trinajstić information content (AvgIpc) is 2.46. The van der Waals surface area contributed by atoms with Crippen LogP contribution < -0.4 is 14.8 Å². The molecule has 0 aliphatic carbocycles. The van der Waals surface area contributed by atoms with Gasteiger partial charge >= 0.3 is 0 Å². The Hall–Kier alpha value is -1.46. The molecule has 5 nitrogen and oxygen atoms in total. The number of aliphatic hydroxyl groups is 1. The molecule has 5 heteroatoms. The van der Waals surface area contributed by atoms with E-state index in [1.807, 2.05) is 18.2 Å². The highest BCUT2D eigenvalue weighted by atomic mass is 16.6. The summed E-state index contributed by atoms with van der Waals surface area (Å²) >= 11 is 0. The maximum absolute atomic E-state index is 10.4. The first-order valence-corrected chi connectivity index (χ1v) is 6.69. The Balaban J connectivity index is 1.63. The Morgan fingerprint density at radius 1 is 1.05 bits per heavy atom. The fourth-order valence-electron chi connectivity index (χ4n) is 2.35. The second-order valence-corrected chi connectivity index (χ2v) is 5.05. The van der Waals surface area contributed by atoms with Gasteiger partial charge in [-0.25, -0.2) is 0 Å². The van der Waals surface area contributed by atoms with E-state index in [1.54, 1.807) is 0 Å². The Bertz CT molecular complexity index is 443. The normalized spacial score (nSPS) is 20.9. The molecule has 0 bridgehead atoms. The van der Waals surface area contributed by atoms with E-state index in [-0.39, 0.29) is 0 Å². The van der Waals surface area contributed by atoms with E-state index in [0.29, 0.717) is 45.8 Å². The summed E-state index contributed by atoms with van der Waals surface area (Å²) in [6.45, 7) is 2.95. The molecule has 2 N–H and O–H groups in total. The molecule has 2 aliphatic rings. The standard InChI is InChI=1S/C14H19NO4/c16-14(3-5-17-6-4-14)10-15-11-1-2-12-13(9-11)19-8-7-18-12/h1-2,9,15-16H,3-8,10H2. The van der Waals surface area contributed by atoms with Crippen LogP contribution in [0.2, 0.25) is 0 Å². The maximum atomic E-state index is 10.4. The van der Waals surface area contributed by atoms with Crippen molar-refractivity contribution in [3.8, 4) is 11.5 Å². The molecule has 0 amide bonds. The molecule has 19 heavy (non-hydrogen) atoms. The Kier molecular flexibility index (Phi) is 3.48. The third kappa shape index (κ3) is 2.93. The Morgan fingerprint density at radius 2 is 1.79 bits per heavy atom. The minimum Gasteiger partial charge on any atom is -0.486 e. The highest BCUT2D eigenvalue weighted by Gasteiger charge is 2.29. The summed E-state index contributed by atoms with van der Waals surface area (Å²) in [5.74, 6) is 1.54. The summed E-state index contributed by atoms with van der Waals surface area (Å²) in [6.07, 6.45) is 1.34. The lowest BCUT2D eigenvalue weighted by Gasteiger charge is -2.32. The van der Waals surface area contributed by atoms with E-state index in [9.17, 15) is 5.11 Å². The van der Waals surface area contributed by atoms with Gasteiger partial charge in [-0.2, -0.15) is 0 Å². The third-order valence-corrected chi connectivity index (χ3v) is 3.59. The largest absolute Gasteiger partial charge is 0.486 e. The lowest BCUT2D eigenvalue weighted by molar-refractivity contribution is -0.0543. The molecule has 1 aromatic rings. The van der Waals surface area contributed by atoms with Crippen molar-refractivity contribution in [2.45, 2.75) is 18.4 Å². The number of anilines is 1. The van der Waals surface area contributed by atoms with Crippen LogP contribution in [0, 0.1) is 0 Å². The minimum absolute atomic E-state index is 0.524. The van der Waals surface area contributed by atoms with Crippen molar-refractivity contribution < 1.29 is 19.3 Å². The summed E-state index contributed by atoms with van der Waals surface area (Å²) in [4.78, 5) is 0. The topological polar surface area (TPSA) is 60.0 Å². The highest BCUT2D eigenvalue weighted by molar-refractivity contribution is 5.55. The van der Waals surface area contributed by atoms with Crippen molar-refractivity contribution in [2.24, 2.45) is 0 Å². The first kappa shape index (κ1) is 12.6. The summed E-state index contributed by atoms with van der Waals surface area (Å²) in [5, 5.41) is 13.6. The Labute approximate surface area is 112 Å². The fraction of sp³-hybridized carbons (Fsp3) is 0.571. The first-order valence-electron chi connectivity index (χ1n) is 6.69. The third-order valence-electron chi connectivity index (χ3n) is 3.59. The lowest BCUT2D eigenvalue weighted by atomic mass is 9.94. The van der Waals surface area contributed by atoms with E-state index in [4.69, 9.17) is 14.2 Å². The Morgan fingerprint density at radius 3 is 2.58 bits per heavy atom. The van der Waals surface area contributed by atoms with Crippen LogP contribution in [-0.4, -0.2) is 43.7 Å². The van der Waals surface area contributed by atoms with E-state index in [0.717, 1.165) is 17.2 Å². The number of nitrogens with one attached hydrogen (secondary N) is 1. The van der Waals surface area contributed by atoms with Gasteiger partial charge in [0.15, 0.2) is 11.5 Å². The summed E-state index contributed by atoms with van der Waals surface area (Å²) < 4.78 is 16.3. The minimum atomic E-state index is -0.675. The van der Waals surface area contributed by atoms with Gasteiger partial charge in [0.2, 0.25) is 0 Å². The molecule has 1 aromatic carbocycles. The molecule has 0 aromatic heterocycles. The van der Waals surface area contributed by atoms with Crippen LogP contribution in [0.3, 0.4) is 0 Å². The zero-order chi connectivity index (χ0) is 13.1. The first-order chi connectivity index (χ1) is 9.25. The predicted molar refractivity (Wildman–Crippen MR) is 70.9 cm³/mol. The van der Waals surface area contributed by atoms with Crippen LogP contribution in [0.25, 0.3) is 0 Å². The molecule has 2 aliphatic heterocycles. The number of fused-ring (bicyclic) bond motifs is 1. The van der Waals surface area contributed by atoms with Gasteiger partial charge in [0, 0.05) is 44.4 Å². The van der Waals surface area contributed by atoms with Crippen molar-refractivity contribution in [3.63, 3.8) is 0 Å². The molecule has 0 atom stereocenters. The van der Waals surface area contributed by atoms with E-state index in [2.05, 4.69) is 5.32 Å². The molecular weight excluding hydrogens is 246 g/mol. The second-order valence-electron chi connectivity index (χ2n) is 5.05. The van der Waals surface area contributed by atoms with Gasteiger partial charge in [-0.05, 0) is 12.1 Å². The zero-order valence-corrected chi connectivity index (χ0v) is 10.9. The van der Waals surface area contributed by atoms with Gasteiger partial charge in [0.25, 0.3) is 0 Å². The molecule has 3 rings (SSSR count). The van der Waals surface area contributed by atoms with Crippen LogP contribution in [0.15, 0.2) is 18.2 Å². The van der Waals surface area contributed by atoms with Crippen LogP contribution in [-0.2, 0) is 4.74 Å². The highest BCUT2D eigenvalue weighted by Crippen LogP contribution is 2.33. The van der Waals surface area contributed by atoms with Crippen LogP contribution >= 0.6 is 0 Å². The van der Waals surface area contributed by atoms with Crippen molar-refractivity contribution in [1.29, 1.82) is 0 Å². The number of benzene rings is 1. The molecule has 0 unspecified atom stereocenters. The van der Waals surface area contributed by atoms with Crippen molar-refractivity contribution in [2.75, 3.05) is 38.3 Å². The monoisotopic (exact) mass is 265 g/mol. The van der Waals surface area contributed by atoms with Gasteiger partial charge in [-0.15, -0.1) is 0 Å². The molecule has 1 saturated heterocycles. The summed E-state index contributed by atoms with van der Waals surface area (Å²) in [5.41, 5.74) is 0.259.